The molecule has 1 aromatic carbocycles. The lowest BCUT2D eigenvalue weighted by Crippen LogP contribution is -2.53. The maximum Gasteiger partial charge on any atom is 0.120 e. The summed E-state index contributed by atoms with van der Waals surface area (Å²) >= 11 is 3.48. The van der Waals surface area contributed by atoms with Gasteiger partial charge in [0.05, 0.1) is 0 Å². The Labute approximate surface area is 136 Å². The fourth-order valence-corrected chi connectivity index (χ4v) is 4.16. The molecule has 3 nitrogen and oxygen atoms in total. The van der Waals surface area contributed by atoms with Crippen LogP contribution in [0.15, 0.2) is 28.7 Å². The Morgan fingerprint density at radius 2 is 2.19 bits per heavy atom. The van der Waals surface area contributed by atoms with E-state index in [2.05, 4.69) is 32.8 Å². The number of likely N-dealkylation sites (tertiary alicyclic amines) is 2. The normalized spacial score (nSPS) is 27.3. The molecule has 3 rings (SSSR count). The minimum Gasteiger partial charge on any atom is -0.492 e. The van der Waals surface area contributed by atoms with E-state index in [-0.39, 0.29) is 0 Å². The molecule has 0 amide bonds. The van der Waals surface area contributed by atoms with Gasteiger partial charge in [-0.25, -0.2) is 0 Å². The van der Waals surface area contributed by atoms with E-state index in [9.17, 15) is 0 Å². The van der Waals surface area contributed by atoms with Crippen LogP contribution < -0.4 is 4.74 Å². The van der Waals surface area contributed by atoms with E-state index in [1.54, 1.807) is 0 Å². The predicted octanol–water partition coefficient (Wildman–Crippen LogP) is 3.24. The highest BCUT2D eigenvalue weighted by Gasteiger charge is 2.33. The Kier molecular flexibility index (Phi) is 5.19. The third-order valence-electron chi connectivity index (χ3n) is 4.90. The van der Waals surface area contributed by atoms with Crippen LogP contribution in [-0.4, -0.2) is 55.7 Å². The molecule has 116 valence electrons. The first kappa shape index (κ1) is 15.3. The predicted molar refractivity (Wildman–Crippen MR) is 89.8 cm³/mol. The Morgan fingerprint density at radius 3 is 3.05 bits per heavy atom. The Balaban J connectivity index is 1.44. The van der Waals surface area contributed by atoms with Crippen LogP contribution >= 0.6 is 15.9 Å². The maximum absolute atomic E-state index is 5.86. The molecule has 0 aromatic heterocycles. The second-order valence-electron chi connectivity index (χ2n) is 6.35. The topological polar surface area (TPSA) is 15.7 Å². The number of hydrogen-bond donors (Lipinski definition) is 0. The van der Waals surface area contributed by atoms with Gasteiger partial charge in [0.1, 0.15) is 12.4 Å². The summed E-state index contributed by atoms with van der Waals surface area (Å²) in [5, 5.41) is 0. The molecule has 2 atom stereocenters. The molecule has 1 aromatic rings. The van der Waals surface area contributed by atoms with Crippen molar-refractivity contribution in [2.75, 3.05) is 39.8 Å². The standard InChI is InChI=1S/C17H25BrN2O/c1-19-8-3-4-14-13-20(9-7-17(14)19)10-11-21-16-6-2-5-15(18)12-16/h2,5-6,12,14,17H,3-4,7-11,13H2,1H3. The minimum atomic E-state index is 0.781. The molecule has 0 spiro atoms. The van der Waals surface area contributed by atoms with E-state index in [4.69, 9.17) is 4.74 Å². The van der Waals surface area contributed by atoms with Crippen molar-refractivity contribution in [1.29, 1.82) is 0 Å². The number of benzene rings is 1. The minimum absolute atomic E-state index is 0.781. The summed E-state index contributed by atoms with van der Waals surface area (Å²) in [5.74, 6) is 1.82. The molecular weight excluding hydrogens is 328 g/mol. The van der Waals surface area contributed by atoms with Crippen LogP contribution in [0.5, 0.6) is 5.75 Å². The molecule has 2 fully saturated rings. The molecule has 2 saturated heterocycles. The van der Waals surface area contributed by atoms with E-state index < -0.39 is 0 Å². The zero-order valence-corrected chi connectivity index (χ0v) is 14.4. The van der Waals surface area contributed by atoms with Crippen molar-refractivity contribution in [2.24, 2.45) is 5.92 Å². The Morgan fingerprint density at radius 1 is 1.29 bits per heavy atom. The summed E-state index contributed by atoms with van der Waals surface area (Å²) in [6.45, 7) is 5.57. The van der Waals surface area contributed by atoms with E-state index in [0.29, 0.717) is 0 Å². The van der Waals surface area contributed by atoms with Crippen molar-refractivity contribution in [1.82, 2.24) is 9.80 Å². The van der Waals surface area contributed by atoms with Gasteiger partial charge in [-0.2, -0.15) is 0 Å². The molecule has 0 aliphatic carbocycles. The van der Waals surface area contributed by atoms with Gasteiger partial charge in [0, 0.05) is 23.6 Å². The smallest absolute Gasteiger partial charge is 0.120 e. The average molecular weight is 353 g/mol. The molecule has 2 aliphatic heterocycles. The number of hydrogen-bond acceptors (Lipinski definition) is 3. The van der Waals surface area contributed by atoms with Crippen LogP contribution in [0.4, 0.5) is 0 Å². The zero-order chi connectivity index (χ0) is 14.7. The number of fused-ring (bicyclic) bond motifs is 1. The van der Waals surface area contributed by atoms with E-state index in [1.807, 2.05) is 24.3 Å². The first-order valence-corrected chi connectivity index (χ1v) is 8.82. The van der Waals surface area contributed by atoms with Gasteiger partial charge in [0.2, 0.25) is 0 Å². The third kappa shape index (κ3) is 3.99. The van der Waals surface area contributed by atoms with Crippen molar-refractivity contribution >= 4 is 15.9 Å². The summed E-state index contributed by atoms with van der Waals surface area (Å²) in [6.07, 6.45) is 4.08. The molecule has 0 saturated carbocycles. The summed E-state index contributed by atoms with van der Waals surface area (Å²) in [7, 11) is 2.29. The van der Waals surface area contributed by atoms with Crippen molar-refractivity contribution in [3.8, 4) is 5.75 Å². The van der Waals surface area contributed by atoms with Crippen molar-refractivity contribution in [3.05, 3.63) is 28.7 Å². The van der Waals surface area contributed by atoms with Gasteiger partial charge in [-0.3, -0.25) is 4.90 Å². The van der Waals surface area contributed by atoms with Gasteiger partial charge < -0.3 is 9.64 Å². The molecule has 0 radical (unpaired) electrons. The monoisotopic (exact) mass is 352 g/mol. The van der Waals surface area contributed by atoms with E-state index in [1.165, 1.54) is 38.9 Å². The largest absolute Gasteiger partial charge is 0.492 e. The Hall–Kier alpha value is -0.580. The molecule has 2 unspecified atom stereocenters. The highest BCUT2D eigenvalue weighted by Crippen LogP contribution is 2.29. The number of piperidine rings is 2. The molecular formula is C17H25BrN2O. The van der Waals surface area contributed by atoms with Gasteiger partial charge in [0.15, 0.2) is 0 Å². The highest BCUT2D eigenvalue weighted by atomic mass is 79.9. The number of rotatable bonds is 4. The number of ether oxygens (including phenoxy) is 1. The fourth-order valence-electron chi connectivity index (χ4n) is 3.78. The summed E-state index contributed by atoms with van der Waals surface area (Å²) in [6, 6.07) is 8.91. The first-order chi connectivity index (χ1) is 10.2. The Bertz CT molecular complexity index is 468. The molecule has 21 heavy (non-hydrogen) atoms. The number of nitrogens with zero attached hydrogens (tertiary/aromatic N) is 2. The van der Waals surface area contributed by atoms with Gasteiger partial charge in [-0.1, -0.05) is 22.0 Å². The molecule has 0 bridgehead atoms. The van der Waals surface area contributed by atoms with Crippen LogP contribution in [0.2, 0.25) is 0 Å². The lowest BCUT2D eigenvalue weighted by Gasteiger charge is -2.46. The van der Waals surface area contributed by atoms with Crippen molar-refractivity contribution in [3.63, 3.8) is 0 Å². The van der Waals surface area contributed by atoms with Gasteiger partial charge >= 0.3 is 0 Å². The quantitative estimate of drug-likeness (QED) is 0.827. The van der Waals surface area contributed by atoms with Crippen LogP contribution in [0.3, 0.4) is 0 Å². The van der Waals surface area contributed by atoms with Crippen molar-refractivity contribution in [2.45, 2.75) is 25.3 Å². The van der Waals surface area contributed by atoms with Gasteiger partial charge in [-0.05, 0) is 63.5 Å². The van der Waals surface area contributed by atoms with Gasteiger partial charge in [0.25, 0.3) is 0 Å². The first-order valence-electron chi connectivity index (χ1n) is 8.03. The SMILES string of the molecule is CN1CCCC2CN(CCOc3cccc(Br)c3)CCC21. The zero-order valence-electron chi connectivity index (χ0n) is 12.8. The van der Waals surface area contributed by atoms with Crippen LogP contribution in [-0.2, 0) is 0 Å². The van der Waals surface area contributed by atoms with Crippen LogP contribution in [0.25, 0.3) is 0 Å². The lowest BCUT2D eigenvalue weighted by molar-refractivity contribution is 0.0337. The molecule has 4 heteroatoms. The molecule has 0 N–H and O–H groups in total. The average Bonchev–Trinajstić information content (AvgIpc) is 2.47. The van der Waals surface area contributed by atoms with Crippen LogP contribution in [0.1, 0.15) is 19.3 Å². The van der Waals surface area contributed by atoms with E-state index in [0.717, 1.165) is 35.3 Å². The van der Waals surface area contributed by atoms with Crippen molar-refractivity contribution < 1.29 is 4.74 Å². The second kappa shape index (κ2) is 7.12. The van der Waals surface area contributed by atoms with E-state index >= 15 is 0 Å². The summed E-state index contributed by atoms with van der Waals surface area (Å²) in [4.78, 5) is 5.15. The summed E-state index contributed by atoms with van der Waals surface area (Å²) < 4.78 is 6.94. The second-order valence-corrected chi connectivity index (χ2v) is 7.26. The lowest BCUT2D eigenvalue weighted by atomic mass is 9.84. The fraction of sp³-hybridized carbons (Fsp3) is 0.647. The summed E-state index contributed by atoms with van der Waals surface area (Å²) in [5.41, 5.74) is 0. The maximum atomic E-state index is 5.86. The third-order valence-corrected chi connectivity index (χ3v) is 5.40. The molecule has 2 aliphatic rings. The molecule has 2 heterocycles. The highest BCUT2D eigenvalue weighted by molar-refractivity contribution is 9.10. The van der Waals surface area contributed by atoms with Crippen LogP contribution in [0, 0.1) is 5.92 Å². The number of halogens is 1. The van der Waals surface area contributed by atoms with Gasteiger partial charge in [-0.15, -0.1) is 0 Å².